The van der Waals surface area contributed by atoms with Crippen LogP contribution in [-0.4, -0.2) is 63.7 Å². The van der Waals surface area contributed by atoms with Crippen LogP contribution in [0.25, 0.3) is 11.4 Å². The second kappa shape index (κ2) is 7.39. The van der Waals surface area contributed by atoms with Crippen LogP contribution in [-0.2, 0) is 6.54 Å². The highest BCUT2D eigenvalue weighted by Gasteiger charge is 2.24. The lowest BCUT2D eigenvalue weighted by Crippen LogP contribution is -2.43. The number of nitrogens with one attached hydrogen (secondary N) is 1. The average molecular weight is 330 g/mol. The van der Waals surface area contributed by atoms with E-state index in [0.717, 1.165) is 31.6 Å². The van der Waals surface area contributed by atoms with E-state index in [-0.39, 0.29) is 18.6 Å². The Morgan fingerprint density at radius 3 is 2.96 bits per heavy atom. The van der Waals surface area contributed by atoms with Gasteiger partial charge in [-0.15, -0.1) is 0 Å². The van der Waals surface area contributed by atoms with Crippen molar-refractivity contribution >= 4 is 6.03 Å². The first-order chi connectivity index (χ1) is 11.7. The lowest BCUT2D eigenvalue weighted by molar-refractivity contribution is 0.195. The normalized spacial score (nSPS) is 17.8. The summed E-state index contributed by atoms with van der Waals surface area (Å²) in [6.07, 6.45) is 4.33. The van der Waals surface area contributed by atoms with Gasteiger partial charge in [-0.2, -0.15) is 4.98 Å². The highest BCUT2D eigenvalue weighted by molar-refractivity contribution is 5.74. The number of carbonyl (C=O) groups excluding carboxylic acids is 1. The van der Waals surface area contributed by atoms with Crippen molar-refractivity contribution in [1.82, 2.24) is 30.2 Å². The number of rotatable bonds is 5. The van der Waals surface area contributed by atoms with Crippen LogP contribution in [0.4, 0.5) is 4.79 Å². The summed E-state index contributed by atoms with van der Waals surface area (Å²) < 4.78 is 5.23. The van der Waals surface area contributed by atoms with Crippen LogP contribution in [0.2, 0.25) is 0 Å². The standard InChI is InChI=1S/C16H22N6O2/c1-3-22-9-6-13(10-22)18-16(23)21(2)11-14-19-15(20-24-14)12-4-7-17-8-5-12/h4-5,7-8,13H,3,6,9-11H2,1-2H3,(H,18,23)/t13-/m0/s1. The molecule has 1 fully saturated rings. The van der Waals surface area contributed by atoms with E-state index >= 15 is 0 Å². The van der Waals surface area contributed by atoms with Gasteiger partial charge in [0.2, 0.25) is 11.7 Å². The predicted octanol–water partition coefficient (Wildman–Crippen LogP) is 1.37. The summed E-state index contributed by atoms with van der Waals surface area (Å²) in [4.78, 5) is 24.4. The molecule has 1 saturated heterocycles. The molecule has 2 aromatic heterocycles. The van der Waals surface area contributed by atoms with E-state index in [0.29, 0.717) is 11.7 Å². The molecule has 1 aliphatic heterocycles. The SMILES string of the molecule is CCN1CC[C@H](NC(=O)N(C)Cc2nc(-c3ccncc3)no2)C1. The van der Waals surface area contributed by atoms with Crippen molar-refractivity contribution in [1.29, 1.82) is 0 Å². The molecule has 0 spiro atoms. The summed E-state index contributed by atoms with van der Waals surface area (Å²) in [5.41, 5.74) is 0.831. The number of urea groups is 1. The monoisotopic (exact) mass is 330 g/mol. The second-order valence-corrected chi connectivity index (χ2v) is 5.93. The Balaban J connectivity index is 1.54. The van der Waals surface area contributed by atoms with Crippen molar-refractivity contribution in [3.8, 4) is 11.4 Å². The maximum Gasteiger partial charge on any atom is 0.317 e. The molecule has 0 aromatic carbocycles. The van der Waals surface area contributed by atoms with Gasteiger partial charge in [0.05, 0.1) is 0 Å². The van der Waals surface area contributed by atoms with Crippen LogP contribution < -0.4 is 5.32 Å². The van der Waals surface area contributed by atoms with Gasteiger partial charge in [-0.25, -0.2) is 4.79 Å². The minimum atomic E-state index is -0.124. The lowest BCUT2D eigenvalue weighted by Gasteiger charge is -2.20. The van der Waals surface area contributed by atoms with Gasteiger partial charge in [0.1, 0.15) is 6.54 Å². The molecule has 3 heterocycles. The van der Waals surface area contributed by atoms with E-state index in [2.05, 4.69) is 32.3 Å². The molecule has 1 aliphatic rings. The highest BCUT2D eigenvalue weighted by Crippen LogP contribution is 2.15. The Hall–Kier alpha value is -2.48. The van der Waals surface area contributed by atoms with Gasteiger partial charge in [-0.3, -0.25) is 4.98 Å². The average Bonchev–Trinajstić information content (AvgIpc) is 3.25. The molecule has 2 aromatic rings. The number of likely N-dealkylation sites (tertiary alicyclic amines) is 1. The lowest BCUT2D eigenvalue weighted by atomic mass is 10.2. The molecular formula is C16H22N6O2. The molecule has 8 nitrogen and oxygen atoms in total. The van der Waals surface area contributed by atoms with Gasteiger partial charge >= 0.3 is 6.03 Å². The Morgan fingerprint density at radius 2 is 2.25 bits per heavy atom. The largest absolute Gasteiger partial charge is 0.337 e. The van der Waals surface area contributed by atoms with Crippen molar-refractivity contribution in [2.45, 2.75) is 25.9 Å². The number of hydrogen-bond donors (Lipinski definition) is 1. The molecule has 1 atom stereocenters. The zero-order valence-corrected chi connectivity index (χ0v) is 14.0. The van der Waals surface area contributed by atoms with E-state index in [9.17, 15) is 4.79 Å². The first-order valence-corrected chi connectivity index (χ1v) is 8.12. The molecule has 2 amide bonds. The Morgan fingerprint density at radius 1 is 1.46 bits per heavy atom. The minimum absolute atomic E-state index is 0.124. The van der Waals surface area contributed by atoms with Crippen LogP contribution in [0.5, 0.6) is 0 Å². The maximum atomic E-state index is 12.3. The summed E-state index contributed by atoms with van der Waals surface area (Å²) in [7, 11) is 1.72. The number of nitrogens with zero attached hydrogens (tertiary/aromatic N) is 5. The Bertz CT molecular complexity index is 674. The molecule has 1 N–H and O–H groups in total. The molecule has 24 heavy (non-hydrogen) atoms. The number of pyridine rings is 1. The molecule has 3 rings (SSSR count). The molecule has 0 bridgehead atoms. The zero-order chi connectivity index (χ0) is 16.9. The van der Waals surface area contributed by atoms with Crippen LogP contribution in [0.3, 0.4) is 0 Å². The minimum Gasteiger partial charge on any atom is -0.337 e. The summed E-state index contributed by atoms with van der Waals surface area (Å²) in [6.45, 7) is 5.36. The smallest absolute Gasteiger partial charge is 0.317 e. The van der Waals surface area contributed by atoms with Crippen LogP contribution in [0, 0.1) is 0 Å². The Kier molecular flexibility index (Phi) is 5.05. The quantitative estimate of drug-likeness (QED) is 0.891. The van der Waals surface area contributed by atoms with E-state index in [1.165, 1.54) is 0 Å². The summed E-state index contributed by atoms with van der Waals surface area (Å²) in [5, 5.41) is 6.99. The van der Waals surface area contributed by atoms with Crippen molar-refractivity contribution in [3.63, 3.8) is 0 Å². The van der Waals surface area contributed by atoms with Crippen molar-refractivity contribution < 1.29 is 9.32 Å². The fraction of sp³-hybridized carbons (Fsp3) is 0.500. The number of carbonyl (C=O) groups is 1. The molecule has 0 unspecified atom stereocenters. The second-order valence-electron chi connectivity index (χ2n) is 5.93. The van der Waals surface area contributed by atoms with Gasteiger partial charge in [-0.05, 0) is 25.1 Å². The van der Waals surface area contributed by atoms with Crippen LogP contribution in [0.1, 0.15) is 19.2 Å². The fourth-order valence-corrected chi connectivity index (χ4v) is 2.73. The third-order valence-electron chi connectivity index (χ3n) is 4.17. The molecule has 0 radical (unpaired) electrons. The summed E-state index contributed by atoms with van der Waals surface area (Å²) >= 11 is 0. The Labute approximate surface area is 140 Å². The van der Waals surface area contributed by atoms with Crippen molar-refractivity contribution in [2.75, 3.05) is 26.7 Å². The third kappa shape index (κ3) is 3.88. The number of amides is 2. The molecule has 0 aliphatic carbocycles. The fourth-order valence-electron chi connectivity index (χ4n) is 2.73. The number of hydrogen-bond acceptors (Lipinski definition) is 6. The predicted molar refractivity (Wildman–Crippen MR) is 88.0 cm³/mol. The topological polar surface area (TPSA) is 87.4 Å². The molecule has 8 heteroatoms. The van der Waals surface area contributed by atoms with Crippen molar-refractivity contribution in [2.24, 2.45) is 0 Å². The van der Waals surface area contributed by atoms with E-state index in [1.54, 1.807) is 24.3 Å². The number of aromatic nitrogens is 3. The molecular weight excluding hydrogens is 308 g/mol. The van der Waals surface area contributed by atoms with E-state index in [1.807, 2.05) is 12.1 Å². The number of likely N-dealkylation sites (N-methyl/N-ethyl adjacent to an activating group) is 1. The molecule has 0 saturated carbocycles. The third-order valence-corrected chi connectivity index (χ3v) is 4.17. The van der Waals surface area contributed by atoms with Gasteiger partial charge in [0, 0.05) is 44.1 Å². The van der Waals surface area contributed by atoms with Gasteiger partial charge in [0.25, 0.3) is 0 Å². The zero-order valence-electron chi connectivity index (χ0n) is 14.0. The van der Waals surface area contributed by atoms with Gasteiger partial charge in [0.15, 0.2) is 0 Å². The van der Waals surface area contributed by atoms with Gasteiger partial charge < -0.3 is 19.6 Å². The first kappa shape index (κ1) is 16.4. The maximum absolute atomic E-state index is 12.3. The summed E-state index contributed by atoms with van der Waals surface area (Å²) in [5.74, 6) is 0.900. The first-order valence-electron chi connectivity index (χ1n) is 8.12. The van der Waals surface area contributed by atoms with Crippen molar-refractivity contribution in [3.05, 3.63) is 30.4 Å². The van der Waals surface area contributed by atoms with Crippen LogP contribution in [0.15, 0.2) is 29.0 Å². The van der Waals surface area contributed by atoms with Gasteiger partial charge in [-0.1, -0.05) is 12.1 Å². The van der Waals surface area contributed by atoms with E-state index < -0.39 is 0 Å². The summed E-state index contributed by atoms with van der Waals surface area (Å²) in [6, 6.07) is 3.70. The van der Waals surface area contributed by atoms with Crippen LogP contribution >= 0.6 is 0 Å². The molecule has 128 valence electrons. The van der Waals surface area contributed by atoms with E-state index in [4.69, 9.17) is 4.52 Å². The highest BCUT2D eigenvalue weighted by atomic mass is 16.5.